The van der Waals surface area contributed by atoms with E-state index in [1.54, 1.807) is 7.11 Å². The fourth-order valence-corrected chi connectivity index (χ4v) is 2.92. The number of ketones is 1. The van der Waals surface area contributed by atoms with Crippen molar-refractivity contribution in [2.75, 3.05) is 7.11 Å². The Labute approximate surface area is 106 Å². The molecular weight excluding hydrogens is 212 g/mol. The molecular formula is C15H28O2. The van der Waals surface area contributed by atoms with Crippen LogP contribution >= 0.6 is 0 Å². The van der Waals surface area contributed by atoms with E-state index in [0.717, 1.165) is 38.5 Å². The molecule has 0 N–H and O–H groups in total. The number of Topliss-reactive ketones (excluding diaryl/α,β-unsaturated/α-hetero) is 1. The standard InChI is InChI=1S/C15H28O2/c1-4-13(5-2)12-14(16)15(17-3)10-8-6-7-9-11-15/h13H,4-12H2,1-3H3. The van der Waals surface area contributed by atoms with Crippen LogP contribution in [0.1, 0.15) is 71.6 Å². The molecule has 0 aliphatic heterocycles. The van der Waals surface area contributed by atoms with Gasteiger partial charge in [-0.15, -0.1) is 0 Å². The van der Waals surface area contributed by atoms with E-state index in [9.17, 15) is 4.79 Å². The zero-order valence-corrected chi connectivity index (χ0v) is 11.8. The molecule has 1 aliphatic rings. The minimum absolute atomic E-state index is 0.357. The van der Waals surface area contributed by atoms with E-state index in [2.05, 4.69) is 13.8 Å². The van der Waals surface area contributed by atoms with Gasteiger partial charge < -0.3 is 4.74 Å². The van der Waals surface area contributed by atoms with E-state index in [1.807, 2.05) is 0 Å². The second-order valence-electron chi connectivity index (χ2n) is 5.42. The van der Waals surface area contributed by atoms with Crippen molar-refractivity contribution < 1.29 is 9.53 Å². The van der Waals surface area contributed by atoms with Crippen molar-refractivity contribution in [2.45, 2.75) is 77.2 Å². The molecule has 100 valence electrons. The van der Waals surface area contributed by atoms with Gasteiger partial charge in [-0.1, -0.05) is 52.4 Å². The summed E-state index contributed by atoms with van der Waals surface area (Å²) in [4.78, 5) is 12.5. The Morgan fingerprint density at radius 1 is 1.12 bits per heavy atom. The van der Waals surface area contributed by atoms with Crippen LogP contribution in [0, 0.1) is 5.92 Å². The molecule has 0 spiro atoms. The summed E-state index contributed by atoms with van der Waals surface area (Å²) in [6.07, 6.45) is 9.56. The van der Waals surface area contributed by atoms with Gasteiger partial charge in [-0.2, -0.15) is 0 Å². The normalized spacial score (nSPS) is 20.2. The van der Waals surface area contributed by atoms with Gasteiger partial charge in [-0.3, -0.25) is 4.79 Å². The summed E-state index contributed by atoms with van der Waals surface area (Å²) in [6, 6.07) is 0. The molecule has 0 amide bonds. The lowest BCUT2D eigenvalue weighted by Crippen LogP contribution is -2.41. The Morgan fingerprint density at radius 2 is 1.65 bits per heavy atom. The van der Waals surface area contributed by atoms with Crippen LogP contribution < -0.4 is 0 Å². The predicted molar refractivity (Wildman–Crippen MR) is 71.1 cm³/mol. The summed E-state index contributed by atoms with van der Waals surface area (Å²) < 4.78 is 5.66. The molecule has 0 aromatic rings. The maximum absolute atomic E-state index is 12.5. The number of rotatable bonds is 6. The lowest BCUT2D eigenvalue weighted by molar-refractivity contribution is -0.143. The number of carbonyl (C=O) groups excluding carboxylic acids is 1. The van der Waals surface area contributed by atoms with Gasteiger partial charge >= 0.3 is 0 Å². The van der Waals surface area contributed by atoms with Gasteiger partial charge in [0.1, 0.15) is 5.60 Å². The first-order valence-corrected chi connectivity index (χ1v) is 7.27. The number of hydrogen-bond acceptors (Lipinski definition) is 2. The van der Waals surface area contributed by atoms with Crippen LogP contribution in [0.25, 0.3) is 0 Å². The fourth-order valence-electron chi connectivity index (χ4n) is 2.92. The molecule has 0 heterocycles. The van der Waals surface area contributed by atoms with Crippen LogP contribution in [0.3, 0.4) is 0 Å². The first-order chi connectivity index (χ1) is 8.18. The summed E-state index contributed by atoms with van der Waals surface area (Å²) in [5.74, 6) is 0.897. The average Bonchev–Trinajstić information content (AvgIpc) is 2.61. The number of methoxy groups -OCH3 is 1. The highest BCUT2D eigenvalue weighted by Crippen LogP contribution is 2.33. The topological polar surface area (TPSA) is 26.3 Å². The molecule has 1 saturated carbocycles. The van der Waals surface area contributed by atoms with Crippen molar-refractivity contribution in [2.24, 2.45) is 5.92 Å². The van der Waals surface area contributed by atoms with Gasteiger partial charge in [0.2, 0.25) is 0 Å². The molecule has 17 heavy (non-hydrogen) atoms. The SMILES string of the molecule is CCC(CC)CC(=O)C1(OC)CCCCCC1. The van der Waals surface area contributed by atoms with Crippen molar-refractivity contribution in [1.29, 1.82) is 0 Å². The Morgan fingerprint density at radius 3 is 2.06 bits per heavy atom. The molecule has 2 nitrogen and oxygen atoms in total. The molecule has 0 unspecified atom stereocenters. The first-order valence-electron chi connectivity index (χ1n) is 7.27. The Bertz CT molecular complexity index is 223. The smallest absolute Gasteiger partial charge is 0.164 e. The summed E-state index contributed by atoms with van der Waals surface area (Å²) in [5.41, 5.74) is -0.445. The monoisotopic (exact) mass is 240 g/mol. The van der Waals surface area contributed by atoms with Crippen LogP contribution in [-0.4, -0.2) is 18.5 Å². The van der Waals surface area contributed by atoms with Crippen molar-refractivity contribution in [3.8, 4) is 0 Å². The number of ether oxygens (including phenoxy) is 1. The van der Waals surface area contributed by atoms with Gasteiger partial charge in [0.05, 0.1) is 0 Å². The fraction of sp³-hybridized carbons (Fsp3) is 0.933. The van der Waals surface area contributed by atoms with E-state index in [0.29, 0.717) is 18.1 Å². The summed E-state index contributed by atoms with van der Waals surface area (Å²) in [5, 5.41) is 0. The molecule has 2 heteroatoms. The summed E-state index contributed by atoms with van der Waals surface area (Å²) in [6.45, 7) is 4.35. The van der Waals surface area contributed by atoms with Crippen molar-refractivity contribution in [3.63, 3.8) is 0 Å². The van der Waals surface area contributed by atoms with E-state index in [-0.39, 0.29) is 0 Å². The maximum atomic E-state index is 12.5. The highest BCUT2D eigenvalue weighted by molar-refractivity contribution is 5.87. The van der Waals surface area contributed by atoms with Gasteiger partial charge in [-0.05, 0) is 18.8 Å². The number of hydrogen-bond donors (Lipinski definition) is 0. The lowest BCUT2D eigenvalue weighted by Gasteiger charge is -2.31. The third-order valence-electron chi connectivity index (χ3n) is 4.44. The Hall–Kier alpha value is -0.370. The summed E-state index contributed by atoms with van der Waals surface area (Å²) in [7, 11) is 1.72. The average molecular weight is 240 g/mol. The predicted octanol–water partition coefficient (Wildman–Crippen LogP) is 4.12. The number of carbonyl (C=O) groups is 1. The van der Waals surface area contributed by atoms with Crippen LogP contribution in [0.5, 0.6) is 0 Å². The highest BCUT2D eigenvalue weighted by atomic mass is 16.5. The molecule has 0 bridgehead atoms. The lowest BCUT2D eigenvalue weighted by atomic mass is 9.83. The molecule has 0 atom stereocenters. The molecule has 1 fully saturated rings. The van der Waals surface area contributed by atoms with E-state index in [1.165, 1.54) is 12.8 Å². The van der Waals surface area contributed by atoms with Gasteiger partial charge in [0.15, 0.2) is 5.78 Å². The van der Waals surface area contributed by atoms with Gasteiger partial charge in [0, 0.05) is 13.5 Å². The van der Waals surface area contributed by atoms with E-state index < -0.39 is 5.60 Å². The zero-order valence-electron chi connectivity index (χ0n) is 11.8. The Kier molecular flexibility index (Phi) is 6.18. The van der Waals surface area contributed by atoms with Crippen LogP contribution in [0.4, 0.5) is 0 Å². The molecule has 0 aromatic carbocycles. The molecule has 0 saturated heterocycles. The summed E-state index contributed by atoms with van der Waals surface area (Å²) >= 11 is 0. The first kappa shape index (κ1) is 14.7. The second kappa shape index (κ2) is 7.15. The molecule has 0 aromatic heterocycles. The van der Waals surface area contributed by atoms with Gasteiger partial charge in [-0.25, -0.2) is 0 Å². The molecule has 0 radical (unpaired) electrons. The van der Waals surface area contributed by atoms with Gasteiger partial charge in [0.25, 0.3) is 0 Å². The molecule has 1 aliphatic carbocycles. The van der Waals surface area contributed by atoms with Crippen molar-refractivity contribution >= 4 is 5.78 Å². The van der Waals surface area contributed by atoms with Crippen LogP contribution in [0.2, 0.25) is 0 Å². The Balaban J connectivity index is 2.66. The quantitative estimate of drug-likeness (QED) is 0.653. The van der Waals surface area contributed by atoms with Crippen LogP contribution in [0.15, 0.2) is 0 Å². The van der Waals surface area contributed by atoms with Crippen molar-refractivity contribution in [3.05, 3.63) is 0 Å². The third kappa shape index (κ3) is 3.80. The van der Waals surface area contributed by atoms with Crippen molar-refractivity contribution in [1.82, 2.24) is 0 Å². The minimum Gasteiger partial charge on any atom is -0.370 e. The molecule has 1 rings (SSSR count). The maximum Gasteiger partial charge on any atom is 0.164 e. The third-order valence-corrected chi connectivity index (χ3v) is 4.44. The second-order valence-corrected chi connectivity index (χ2v) is 5.42. The van der Waals surface area contributed by atoms with Crippen LogP contribution in [-0.2, 0) is 9.53 Å². The minimum atomic E-state index is -0.445. The largest absolute Gasteiger partial charge is 0.370 e. The van der Waals surface area contributed by atoms with E-state index in [4.69, 9.17) is 4.74 Å². The van der Waals surface area contributed by atoms with E-state index >= 15 is 0 Å². The highest BCUT2D eigenvalue weighted by Gasteiger charge is 2.38. The zero-order chi connectivity index (χ0) is 12.7.